The summed E-state index contributed by atoms with van der Waals surface area (Å²) in [5.41, 5.74) is 1.12. The number of hydrogen-bond acceptors (Lipinski definition) is 1. The van der Waals surface area contributed by atoms with Crippen LogP contribution < -0.4 is 10.6 Å². The highest BCUT2D eigenvalue weighted by atomic mass is 32.1. The fraction of sp³-hybridized carbons (Fsp3) is 0.562. The van der Waals surface area contributed by atoms with Crippen molar-refractivity contribution >= 4 is 17.3 Å². The summed E-state index contributed by atoms with van der Waals surface area (Å²) in [6.45, 7) is 2.10. The Hall–Kier alpha value is -1.16. The second-order valence-corrected chi connectivity index (χ2v) is 6.09. The average Bonchev–Trinajstić information content (AvgIpc) is 2.42. The Balaban J connectivity index is 1.74. The lowest BCUT2D eigenvalue weighted by atomic mass is 9.96. The second kappa shape index (κ2) is 7.58. The highest BCUT2D eigenvalue weighted by molar-refractivity contribution is 7.80. The maximum atomic E-state index is 12.8. The summed E-state index contributed by atoms with van der Waals surface area (Å²) >= 11 is 5.37. The van der Waals surface area contributed by atoms with Crippen molar-refractivity contribution in [3.05, 3.63) is 35.6 Å². The van der Waals surface area contributed by atoms with Crippen LogP contribution in [-0.4, -0.2) is 17.2 Å². The van der Waals surface area contributed by atoms with Gasteiger partial charge in [0.2, 0.25) is 0 Å². The molecule has 1 aromatic rings. The van der Waals surface area contributed by atoms with Crippen LogP contribution in [0, 0.1) is 5.82 Å². The number of rotatable bonds is 4. The summed E-state index contributed by atoms with van der Waals surface area (Å²) in [5, 5.41) is 7.46. The maximum Gasteiger partial charge on any atom is 0.166 e. The van der Waals surface area contributed by atoms with Crippen molar-refractivity contribution in [2.45, 2.75) is 57.5 Å². The number of hydrogen-bond donors (Lipinski definition) is 2. The van der Waals surface area contributed by atoms with Gasteiger partial charge in [0, 0.05) is 12.1 Å². The molecule has 0 radical (unpaired) electrons. The van der Waals surface area contributed by atoms with Crippen LogP contribution in [0.2, 0.25) is 0 Å². The normalized spacial score (nSPS) is 17.5. The molecule has 1 aromatic carbocycles. The van der Waals surface area contributed by atoms with Crippen LogP contribution >= 0.6 is 12.2 Å². The van der Waals surface area contributed by atoms with E-state index in [4.69, 9.17) is 12.2 Å². The fourth-order valence-electron chi connectivity index (χ4n) is 2.72. The van der Waals surface area contributed by atoms with Crippen LogP contribution in [0.1, 0.15) is 44.6 Å². The zero-order valence-corrected chi connectivity index (χ0v) is 12.8. The smallest absolute Gasteiger partial charge is 0.166 e. The van der Waals surface area contributed by atoms with Gasteiger partial charge in [0.25, 0.3) is 0 Å². The van der Waals surface area contributed by atoms with Crippen molar-refractivity contribution in [3.63, 3.8) is 0 Å². The standard InChI is InChI=1S/C16H23FN2S/c1-12(11-13-7-9-14(17)10-8-13)18-16(20)19-15-5-3-2-4-6-15/h7-10,12,15H,2-6,11H2,1H3,(H2,18,19,20). The molecule has 2 N–H and O–H groups in total. The summed E-state index contributed by atoms with van der Waals surface area (Å²) in [7, 11) is 0. The third kappa shape index (κ3) is 5.08. The summed E-state index contributed by atoms with van der Waals surface area (Å²) in [4.78, 5) is 0. The predicted molar refractivity (Wildman–Crippen MR) is 85.3 cm³/mol. The van der Waals surface area contributed by atoms with E-state index in [9.17, 15) is 4.39 Å². The van der Waals surface area contributed by atoms with E-state index < -0.39 is 0 Å². The van der Waals surface area contributed by atoms with Crippen molar-refractivity contribution in [2.75, 3.05) is 0 Å². The molecule has 1 atom stereocenters. The number of thiocarbonyl (C=S) groups is 1. The Kier molecular flexibility index (Phi) is 5.77. The van der Waals surface area contributed by atoms with Gasteiger partial charge in [0.1, 0.15) is 5.82 Å². The fourth-order valence-corrected chi connectivity index (χ4v) is 3.09. The molecular weight excluding hydrogens is 271 g/mol. The summed E-state index contributed by atoms with van der Waals surface area (Å²) in [6.07, 6.45) is 7.21. The minimum atomic E-state index is -0.191. The lowest BCUT2D eigenvalue weighted by Gasteiger charge is -2.26. The molecular formula is C16H23FN2S. The van der Waals surface area contributed by atoms with Gasteiger partial charge in [-0.3, -0.25) is 0 Å². The molecule has 1 fully saturated rings. The number of benzene rings is 1. The van der Waals surface area contributed by atoms with Gasteiger partial charge in [-0.1, -0.05) is 31.4 Å². The highest BCUT2D eigenvalue weighted by Crippen LogP contribution is 2.17. The number of halogens is 1. The minimum Gasteiger partial charge on any atom is -0.360 e. The van der Waals surface area contributed by atoms with E-state index in [0.717, 1.165) is 17.1 Å². The van der Waals surface area contributed by atoms with E-state index in [1.54, 1.807) is 0 Å². The van der Waals surface area contributed by atoms with Crippen molar-refractivity contribution < 1.29 is 4.39 Å². The lowest BCUT2D eigenvalue weighted by molar-refractivity contribution is 0.410. The monoisotopic (exact) mass is 294 g/mol. The summed E-state index contributed by atoms with van der Waals surface area (Å²) in [5.74, 6) is -0.191. The summed E-state index contributed by atoms with van der Waals surface area (Å²) in [6, 6.07) is 7.42. The highest BCUT2D eigenvalue weighted by Gasteiger charge is 2.14. The van der Waals surface area contributed by atoms with Gasteiger partial charge in [0.05, 0.1) is 0 Å². The first-order valence-corrected chi connectivity index (χ1v) is 7.86. The lowest BCUT2D eigenvalue weighted by Crippen LogP contribution is -2.46. The van der Waals surface area contributed by atoms with Crippen molar-refractivity contribution in [1.82, 2.24) is 10.6 Å². The Labute approximate surface area is 126 Å². The van der Waals surface area contributed by atoms with E-state index in [2.05, 4.69) is 17.6 Å². The molecule has 0 aromatic heterocycles. The van der Waals surface area contributed by atoms with Gasteiger partial charge in [0.15, 0.2) is 5.11 Å². The molecule has 1 aliphatic carbocycles. The van der Waals surface area contributed by atoms with E-state index in [1.165, 1.54) is 44.2 Å². The van der Waals surface area contributed by atoms with E-state index >= 15 is 0 Å². The predicted octanol–water partition coefficient (Wildman–Crippen LogP) is 3.55. The maximum absolute atomic E-state index is 12.8. The van der Waals surface area contributed by atoms with Crippen LogP contribution in [0.25, 0.3) is 0 Å². The molecule has 0 saturated heterocycles. The van der Waals surface area contributed by atoms with Gasteiger partial charge in [-0.2, -0.15) is 0 Å². The minimum absolute atomic E-state index is 0.191. The molecule has 4 heteroatoms. The Morgan fingerprint density at radius 3 is 2.55 bits per heavy atom. The van der Waals surface area contributed by atoms with Gasteiger partial charge >= 0.3 is 0 Å². The van der Waals surface area contributed by atoms with E-state index in [1.807, 2.05) is 12.1 Å². The first-order chi connectivity index (χ1) is 9.63. The molecule has 1 unspecified atom stereocenters. The molecule has 20 heavy (non-hydrogen) atoms. The first kappa shape index (κ1) is 15.2. The largest absolute Gasteiger partial charge is 0.360 e. The SMILES string of the molecule is CC(Cc1ccc(F)cc1)NC(=S)NC1CCCCC1. The van der Waals surface area contributed by atoms with Crippen molar-refractivity contribution in [1.29, 1.82) is 0 Å². The van der Waals surface area contributed by atoms with Crippen LogP contribution in [0.3, 0.4) is 0 Å². The van der Waals surface area contributed by atoms with Crippen LogP contribution in [0.5, 0.6) is 0 Å². The van der Waals surface area contributed by atoms with E-state index in [0.29, 0.717) is 6.04 Å². The number of nitrogens with one attached hydrogen (secondary N) is 2. The molecule has 110 valence electrons. The Morgan fingerprint density at radius 2 is 1.90 bits per heavy atom. The molecule has 1 aliphatic rings. The van der Waals surface area contributed by atoms with Crippen molar-refractivity contribution in [2.24, 2.45) is 0 Å². The molecule has 1 saturated carbocycles. The van der Waals surface area contributed by atoms with Gasteiger partial charge in [-0.05, 0) is 56.1 Å². The molecule has 0 aliphatic heterocycles. The average molecular weight is 294 g/mol. The topological polar surface area (TPSA) is 24.1 Å². The second-order valence-electron chi connectivity index (χ2n) is 5.68. The quantitative estimate of drug-likeness (QED) is 0.830. The molecule has 0 bridgehead atoms. The zero-order valence-electron chi connectivity index (χ0n) is 12.0. The van der Waals surface area contributed by atoms with E-state index in [-0.39, 0.29) is 11.9 Å². The Morgan fingerprint density at radius 1 is 1.25 bits per heavy atom. The molecule has 0 amide bonds. The molecule has 2 rings (SSSR count). The molecule has 0 spiro atoms. The van der Waals surface area contributed by atoms with Crippen LogP contribution in [0.4, 0.5) is 4.39 Å². The van der Waals surface area contributed by atoms with Gasteiger partial charge in [-0.15, -0.1) is 0 Å². The molecule has 0 heterocycles. The van der Waals surface area contributed by atoms with Crippen LogP contribution in [0.15, 0.2) is 24.3 Å². The molecule has 2 nitrogen and oxygen atoms in total. The first-order valence-electron chi connectivity index (χ1n) is 7.45. The van der Waals surface area contributed by atoms with Crippen LogP contribution in [-0.2, 0) is 6.42 Å². The van der Waals surface area contributed by atoms with Crippen molar-refractivity contribution in [3.8, 4) is 0 Å². The zero-order chi connectivity index (χ0) is 14.4. The Bertz CT molecular complexity index is 427. The third-order valence-electron chi connectivity index (χ3n) is 3.77. The third-order valence-corrected chi connectivity index (χ3v) is 4.01. The van der Waals surface area contributed by atoms with Gasteiger partial charge < -0.3 is 10.6 Å². The van der Waals surface area contributed by atoms with Gasteiger partial charge in [-0.25, -0.2) is 4.39 Å². The summed E-state index contributed by atoms with van der Waals surface area (Å²) < 4.78 is 12.8.